The van der Waals surface area contributed by atoms with E-state index in [1.165, 1.54) is 19.2 Å². The first-order valence-electron chi connectivity index (χ1n) is 20.5. The highest BCUT2D eigenvalue weighted by molar-refractivity contribution is 5.96. The number of carbonyl (C=O) groups excluding carboxylic acids is 3. The fourth-order valence-electron chi connectivity index (χ4n) is 11.5. The van der Waals surface area contributed by atoms with Crippen LogP contribution in [0.1, 0.15) is 132 Å². The third-order valence-corrected chi connectivity index (χ3v) is 12.3. The van der Waals surface area contributed by atoms with Crippen LogP contribution in [0.15, 0.2) is 30.5 Å². The molecular formula is C45H60FN5O7. The summed E-state index contributed by atoms with van der Waals surface area (Å²) >= 11 is 0. The van der Waals surface area contributed by atoms with E-state index in [9.17, 15) is 18.8 Å². The zero-order chi connectivity index (χ0) is 42.1. The van der Waals surface area contributed by atoms with E-state index in [0.717, 1.165) is 49.8 Å². The number of nitrogens with zero attached hydrogens (tertiary/aromatic N) is 4. The van der Waals surface area contributed by atoms with Crippen LogP contribution in [0, 0.1) is 29.0 Å². The molecule has 3 aromatic rings. The monoisotopic (exact) mass is 801 g/mol. The van der Waals surface area contributed by atoms with Gasteiger partial charge in [0.1, 0.15) is 22.8 Å². The maximum atomic E-state index is 14.9. The minimum Gasteiger partial charge on any atom is -0.465 e. The van der Waals surface area contributed by atoms with Gasteiger partial charge in [0.15, 0.2) is 5.69 Å². The first-order valence-corrected chi connectivity index (χ1v) is 20.5. The summed E-state index contributed by atoms with van der Waals surface area (Å²) in [4.78, 5) is 45.8. The molecule has 2 unspecified atom stereocenters. The number of pyridine rings is 1. The van der Waals surface area contributed by atoms with Crippen LogP contribution in [-0.4, -0.2) is 76.4 Å². The molecule has 0 spiro atoms. The molecule has 2 atom stereocenters. The summed E-state index contributed by atoms with van der Waals surface area (Å²) in [7, 11) is 1.31. The summed E-state index contributed by atoms with van der Waals surface area (Å²) in [6.07, 6.45) is 7.94. The fraction of sp³-hybridized carbons (Fsp3) is 0.622. The van der Waals surface area contributed by atoms with Gasteiger partial charge < -0.3 is 29.2 Å². The van der Waals surface area contributed by atoms with Crippen molar-refractivity contribution in [2.45, 2.75) is 137 Å². The zero-order valence-electron chi connectivity index (χ0n) is 35.9. The molecule has 58 heavy (non-hydrogen) atoms. The number of esters is 2. The molecule has 5 aliphatic rings. The van der Waals surface area contributed by atoms with Crippen LogP contribution < -0.4 is 10.2 Å². The average Bonchev–Trinajstić information content (AvgIpc) is 3.44. The summed E-state index contributed by atoms with van der Waals surface area (Å²) in [6.45, 7) is 20.0. The molecule has 0 saturated heterocycles. The summed E-state index contributed by atoms with van der Waals surface area (Å²) < 4.78 is 40.1. The van der Waals surface area contributed by atoms with Gasteiger partial charge >= 0.3 is 18.0 Å². The highest BCUT2D eigenvalue weighted by atomic mass is 19.1. The Labute approximate surface area is 341 Å². The van der Waals surface area contributed by atoms with Gasteiger partial charge in [0.2, 0.25) is 0 Å². The minimum absolute atomic E-state index is 0.0475. The maximum Gasteiger partial charge on any atom is 0.407 e. The molecule has 4 bridgehead atoms. The van der Waals surface area contributed by atoms with Crippen molar-refractivity contribution in [1.82, 2.24) is 20.1 Å². The van der Waals surface area contributed by atoms with Gasteiger partial charge in [-0.25, -0.2) is 23.8 Å². The van der Waals surface area contributed by atoms with Crippen LogP contribution in [0.3, 0.4) is 0 Å². The maximum absolute atomic E-state index is 14.9. The molecule has 4 fully saturated rings. The molecule has 1 aliphatic heterocycles. The van der Waals surface area contributed by atoms with E-state index < -0.39 is 29.2 Å². The van der Waals surface area contributed by atoms with Crippen molar-refractivity contribution in [3.63, 3.8) is 0 Å². The average molecular weight is 802 g/mol. The number of amides is 1. The van der Waals surface area contributed by atoms with E-state index in [2.05, 4.69) is 23.8 Å². The van der Waals surface area contributed by atoms with Gasteiger partial charge in [0.25, 0.3) is 0 Å². The van der Waals surface area contributed by atoms with E-state index in [-0.39, 0.29) is 39.9 Å². The zero-order valence-corrected chi connectivity index (χ0v) is 35.9. The molecule has 3 heterocycles. The lowest BCUT2D eigenvalue weighted by Gasteiger charge is -2.69. The number of anilines is 1. The quantitative estimate of drug-likeness (QED) is 0.121. The van der Waals surface area contributed by atoms with Gasteiger partial charge in [0, 0.05) is 43.0 Å². The van der Waals surface area contributed by atoms with Gasteiger partial charge in [0.05, 0.1) is 31.1 Å². The third-order valence-electron chi connectivity index (χ3n) is 12.3. The molecule has 12 nitrogen and oxygen atoms in total. The number of ether oxygens (including phenoxy) is 4. The summed E-state index contributed by atoms with van der Waals surface area (Å²) in [5, 5.41) is 7.82. The molecule has 13 heteroatoms. The summed E-state index contributed by atoms with van der Waals surface area (Å²) in [5.74, 6) is -0.936. The molecule has 0 radical (unpaired) electrons. The Morgan fingerprint density at radius 2 is 1.55 bits per heavy atom. The normalized spacial score (nSPS) is 26.3. The number of rotatable bonds is 10. The smallest absolute Gasteiger partial charge is 0.407 e. The van der Waals surface area contributed by atoms with Crippen molar-refractivity contribution in [2.24, 2.45) is 16.2 Å². The second-order valence-electron chi connectivity index (χ2n) is 20.2. The lowest BCUT2D eigenvalue weighted by molar-refractivity contribution is -0.247. The van der Waals surface area contributed by atoms with Crippen molar-refractivity contribution in [1.29, 1.82) is 0 Å². The molecule has 8 rings (SSSR count). The molecule has 2 aromatic heterocycles. The number of carbonyl (C=O) groups is 3. The highest BCUT2D eigenvalue weighted by Crippen LogP contribution is 2.72. The number of benzene rings is 1. The minimum atomic E-state index is -0.767. The number of methoxy groups -OCH3 is 1. The molecule has 4 saturated carbocycles. The Bertz CT molecular complexity index is 2100. The van der Waals surface area contributed by atoms with Gasteiger partial charge in [-0.15, -0.1) is 0 Å². The number of aromatic nitrogens is 3. The van der Waals surface area contributed by atoms with Crippen LogP contribution in [0.25, 0.3) is 11.1 Å². The van der Waals surface area contributed by atoms with Crippen LogP contribution >= 0.6 is 0 Å². The van der Waals surface area contributed by atoms with Crippen LogP contribution in [0.2, 0.25) is 0 Å². The second-order valence-corrected chi connectivity index (χ2v) is 20.2. The van der Waals surface area contributed by atoms with Crippen molar-refractivity contribution in [3.05, 3.63) is 64.4 Å². The van der Waals surface area contributed by atoms with Crippen LogP contribution in [0.4, 0.5) is 15.0 Å². The Hall–Kier alpha value is -4.52. The molecule has 314 valence electrons. The predicted molar refractivity (Wildman–Crippen MR) is 217 cm³/mol. The Kier molecular flexibility index (Phi) is 10.5. The second kappa shape index (κ2) is 14.6. The predicted octanol–water partition coefficient (Wildman–Crippen LogP) is 8.36. The molecule has 1 N–H and O–H groups in total. The van der Waals surface area contributed by atoms with E-state index in [4.69, 9.17) is 29.0 Å². The van der Waals surface area contributed by atoms with E-state index in [1.54, 1.807) is 0 Å². The largest absolute Gasteiger partial charge is 0.465 e. The van der Waals surface area contributed by atoms with Crippen molar-refractivity contribution < 1.29 is 37.7 Å². The topological polar surface area (TPSA) is 134 Å². The molecule has 1 aromatic carbocycles. The van der Waals surface area contributed by atoms with Crippen molar-refractivity contribution >= 4 is 23.8 Å². The first kappa shape index (κ1) is 41.6. The lowest BCUT2D eigenvalue weighted by Crippen LogP contribution is -2.64. The van der Waals surface area contributed by atoms with Gasteiger partial charge in [-0.05, 0) is 145 Å². The Morgan fingerprint density at radius 1 is 0.862 bits per heavy atom. The van der Waals surface area contributed by atoms with E-state index in [1.807, 2.05) is 71.7 Å². The van der Waals surface area contributed by atoms with Crippen molar-refractivity contribution in [3.8, 4) is 11.1 Å². The third kappa shape index (κ3) is 8.47. The molecule has 1 amide bonds. The van der Waals surface area contributed by atoms with E-state index >= 15 is 0 Å². The molecular weight excluding hydrogens is 742 g/mol. The van der Waals surface area contributed by atoms with Gasteiger partial charge in [-0.3, -0.25) is 4.68 Å². The number of hydrogen-bond donors (Lipinski definition) is 1. The standard InChI is InChI=1S/C45H60FN5O7/c1-28-32(19-48-51(28)27-44-22-42(8)21-43(9,23-44)25-45(24-42,26-44)56-18-16-47-39(54)58-41(5,6)7)30-12-14-35(49-36(30)38(53)57-40(2,3)4)50-17-15-29-33(20-50)31(37(52)55-10)11-13-34(29)46/h11-14,19H,15-18,20-27H2,1-10H3,(H,47,54). The van der Waals surface area contributed by atoms with E-state index in [0.29, 0.717) is 60.7 Å². The van der Waals surface area contributed by atoms with Gasteiger partial charge in [-0.1, -0.05) is 13.8 Å². The molecule has 4 aliphatic carbocycles. The van der Waals surface area contributed by atoms with Crippen molar-refractivity contribution in [2.75, 3.05) is 31.7 Å². The number of fused-ring (bicyclic) bond motifs is 1. The summed E-state index contributed by atoms with van der Waals surface area (Å²) in [6, 6.07) is 6.51. The number of alkyl carbamates (subject to hydrolysis) is 1. The van der Waals surface area contributed by atoms with Crippen LogP contribution in [0.5, 0.6) is 0 Å². The number of hydrogen-bond acceptors (Lipinski definition) is 10. The Morgan fingerprint density at radius 3 is 2.21 bits per heavy atom. The summed E-state index contributed by atoms with van der Waals surface area (Å²) in [5.41, 5.74) is 2.41. The number of halogens is 1. The first-order chi connectivity index (χ1) is 27.0. The van der Waals surface area contributed by atoms with Crippen LogP contribution in [-0.2, 0) is 38.5 Å². The lowest BCUT2D eigenvalue weighted by atomic mass is 9.39. The number of nitrogens with one attached hydrogen (secondary N) is 1. The Balaban J connectivity index is 1.16. The highest BCUT2D eigenvalue weighted by Gasteiger charge is 2.66. The fourth-order valence-corrected chi connectivity index (χ4v) is 11.5. The van der Waals surface area contributed by atoms with Gasteiger partial charge in [-0.2, -0.15) is 5.10 Å². The SMILES string of the molecule is COC(=O)c1ccc(F)c2c1CN(c1ccc(-c3cnn(CC45CC6(C)CC(C)(C4)CC(OCCNC(=O)OC(C)(C)C)(C6)C5)c3C)c(C(=O)OC(C)(C)C)n1)CC2.